The van der Waals surface area contributed by atoms with E-state index < -0.39 is 14.2 Å². The van der Waals surface area contributed by atoms with Gasteiger partial charge in [0.1, 0.15) is 0 Å². The van der Waals surface area contributed by atoms with Crippen LogP contribution in [0.3, 0.4) is 0 Å². The topological polar surface area (TPSA) is 27.7 Å². The highest BCUT2D eigenvalue weighted by molar-refractivity contribution is 8.45. The molecule has 0 aromatic heterocycles. The van der Waals surface area contributed by atoms with Crippen LogP contribution in [-0.2, 0) is 13.6 Å². The van der Waals surface area contributed by atoms with Crippen molar-refractivity contribution in [2.45, 2.75) is 20.8 Å². The minimum Gasteiger partial charge on any atom is -0.172 e. The number of benzene rings is 3. The standard InChI is InChI=1S/C24H30O3P3/c1-4-25-30(26-5-2,27-6-3)28-29(22-16-10-7-11-17-22,23-18-12-8-13-19-23)24-20-14-9-15-21-24/h7-21H,4-6H2,1-3H3/q+1. The first-order chi connectivity index (χ1) is 14.7. The quantitative estimate of drug-likeness (QED) is 0.319. The molecule has 0 radical (unpaired) electrons. The monoisotopic (exact) mass is 459 g/mol. The summed E-state index contributed by atoms with van der Waals surface area (Å²) < 4.78 is 18.9. The molecule has 0 heterocycles. The smallest absolute Gasteiger partial charge is 0.172 e. The maximum absolute atomic E-state index is 6.31. The van der Waals surface area contributed by atoms with E-state index in [9.17, 15) is 0 Å². The molecule has 0 spiro atoms. The fourth-order valence-corrected chi connectivity index (χ4v) is 19.8. The third-order valence-corrected chi connectivity index (χ3v) is 18.9. The van der Waals surface area contributed by atoms with Crippen molar-refractivity contribution in [2.75, 3.05) is 19.8 Å². The van der Waals surface area contributed by atoms with Gasteiger partial charge in [-0.15, -0.1) is 0 Å². The third-order valence-electron chi connectivity index (χ3n) is 4.51. The normalized spacial score (nSPS) is 12.2. The molecule has 0 saturated carbocycles. The molecule has 3 rings (SSSR count). The molecular weight excluding hydrogens is 429 g/mol. The molecule has 0 amide bonds. The van der Waals surface area contributed by atoms with Gasteiger partial charge in [-0.1, -0.05) is 91.0 Å². The summed E-state index contributed by atoms with van der Waals surface area (Å²) in [6, 6.07) is 32.3. The van der Waals surface area contributed by atoms with Gasteiger partial charge in [-0.3, -0.25) is 0 Å². The third kappa shape index (κ3) is 5.12. The second-order valence-electron chi connectivity index (χ2n) is 6.45. The second-order valence-corrected chi connectivity index (χ2v) is 16.6. The van der Waals surface area contributed by atoms with Crippen molar-refractivity contribution in [1.82, 2.24) is 0 Å². The van der Waals surface area contributed by atoms with Gasteiger partial charge < -0.3 is 0 Å². The Labute approximate surface area is 182 Å². The largest absolute Gasteiger partial charge is 0.464 e. The molecule has 3 aromatic carbocycles. The zero-order chi connectivity index (χ0) is 21.3. The summed E-state index contributed by atoms with van der Waals surface area (Å²) in [7, 11) is -1.52. The summed E-state index contributed by atoms with van der Waals surface area (Å²) in [5, 5.41) is 3.90. The van der Waals surface area contributed by atoms with Crippen molar-refractivity contribution in [3.63, 3.8) is 0 Å². The van der Waals surface area contributed by atoms with Crippen molar-refractivity contribution < 1.29 is 13.6 Å². The Hall–Kier alpha value is -1.30. The number of rotatable bonds is 10. The molecule has 6 heteroatoms. The maximum atomic E-state index is 6.31. The van der Waals surface area contributed by atoms with E-state index in [0.29, 0.717) is 19.8 Å². The van der Waals surface area contributed by atoms with Crippen LogP contribution < -0.4 is 15.9 Å². The Bertz CT molecular complexity index is 827. The molecule has 3 aromatic rings. The molecule has 0 N–H and O–H groups in total. The minimum absolute atomic E-state index is 0.555. The van der Waals surface area contributed by atoms with Gasteiger partial charge >= 0.3 is 7.63 Å². The first kappa shape index (κ1) is 23.4. The predicted molar refractivity (Wildman–Crippen MR) is 134 cm³/mol. The number of hydrogen-bond donors (Lipinski definition) is 0. The van der Waals surface area contributed by atoms with Gasteiger partial charge in [0.2, 0.25) is 0 Å². The van der Waals surface area contributed by atoms with Crippen LogP contribution in [-0.4, -0.2) is 19.8 Å². The lowest BCUT2D eigenvalue weighted by molar-refractivity contribution is 0.169. The van der Waals surface area contributed by atoms with Crippen LogP contribution in [0.5, 0.6) is 0 Å². The predicted octanol–water partition coefficient (Wildman–Crippen LogP) is 6.63. The van der Waals surface area contributed by atoms with Gasteiger partial charge in [0, 0.05) is 6.55 Å². The van der Waals surface area contributed by atoms with Crippen molar-refractivity contribution in [2.24, 2.45) is 0 Å². The summed E-state index contributed by atoms with van der Waals surface area (Å²) >= 11 is 0. The zero-order valence-electron chi connectivity index (χ0n) is 17.8. The summed E-state index contributed by atoms with van der Waals surface area (Å²) in [5.41, 5.74) is 0. The number of hydrogen-bond acceptors (Lipinski definition) is 3. The minimum atomic E-state index is -2.59. The maximum Gasteiger partial charge on any atom is 0.464 e. The summed E-state index contributed by atoms with van der Waals surface area (Å²) in [6.07, 6.45) is 0. The lowest BCUT2D eigenvalue weighted by Gasteiger charge is -2.28. The van der Waals surface area contributed by atoms with Crippen molar-refractivity contribution in [3.8, 4) is 0 Å². The molecule has 0 atom stereocenters. The lowest BCUT2D eigenvalue weighted by atomic mass is 10.4. The van der Waals surface area contributed by atoms with E-state index in [1.807, 2.05) is 20.8 Å². The van der Waals surface area contributed by atoms with E-state index in [1.165, 1.54) is 15.9 Å². The molecular formula is C24H30O3P3+. The average Bonchev–Trinajstić information content (AvgIpc) is 2.80. The van der Waals surface area contributed by atoms with Gasteiger partial charge in [-0.05, 0) is 36.7 Å². The fourth-order valence-electron chi connectivity index (χ4n) is 3.38. The van der Waals surface area contributed by atoms with Crippen LogP contribution in [0.25, 0.3) is 0 Å². The molecule has 3 nitrogen and oxygen atoms in total. The van der Waals surface area contributed by atoms with E-state index in [4.69, 9.17) is 13.6 Å². The molecule has 0 saturated heterocycles. The van der Waals surface area contributed by atoms with E-state index in [1.54, 1.807) is 0 Å². The van der Waals surface area contributed by atoms with Crippen LogP contribution in [0.1, 0.15) is 20.8 Å². The van der Waals surface area contributed by atoms with Crippen molar-refractivity contribution in [3.05, 3.63) is 91.0 Å². The van der Waals surface area contributed by atoms with Gasteiger partial charge in [0.15, 0.2) is 7.56 Å². The second kappa shape index (κ2) is 11.4. The molecule has 30 heavy (non-hydrogen) atoms. The summed E-state index contributed by atoms with van der Waals surface area (Å²) in [4.78, 5) is 0. The van der Waals surface area contributed by atoms with Crippen molar-refractivity contribution in [1.29, 1.82) is 0 Å². The molecule has 0 bridgehead atoms. The van der Waals surface area contributed by atoms with Crippen LogP contribution in [0.2, 0.25) is 0 Å². The van der Waals surface area contributed by atoms with Crippen molar-refractivity contribution >= 4 is 37.7 Å². The highest BCUT2D eigenvalue weighted by Gasteiger charge is 2.48. The van der Waals surface area contributed by atoms with Gasteiger partial charge in [-0.2, -0.15) is 13.6 Å². The first-order valence-electron chi connectivity index (χ1n) is 10.3. The van der Waals surface area contributed by atoms with Gasteiger partial charge in [0.25, 0.3) is 0 Å². The SMILES string of the molecule is CCO[P+](OCC)(OCC)P=P(c1ccccc1)(c1ccccc1)c1ccccc1. The van der Waals surface area contributed by atoms with E-state index in [2.05, 4.69) is 91.0 Å². The Morgan fingerprint density at radius 2 is 0.867 bits per heavy atom. The molecule has 0 aliphatic carbocycles. The molecule has 0 unspecified atom stereocenters. The van der Waals surface area contributed by atoms with Gasteiger partial charge in [-0.25, -0.2) is 0 Å². The Morgan fingerprint density at radius 3 is 1.13 bits per heavy atom. The van der Waals surface area contributed by atoms with Gasteiger partial charge in [0.05, 0.1) is 19.8 Å². The highest BCUT2D eigenvalue weighted by Crippen LogP contribution is 2.81. The van der Waals surface area contributed by atoms with Crippen LogP contribution >= 0.6 is 21.7 Å². The highest BCUT2D eigenvalue weighted by atomic mass is 32.3. The Morgan fingerprint density at radius 1 is 0.567 bits per heavy atom. The van der Waals surface area contributed by atoms with E-state index in [0.717, 1.165) is 7.56 Å². The van der Waals surface area contributed by atoms with E-state index >= 15 is 0 Å². The molecule has 158 valence electrons. The molecule has 0 aliphatic rings. The summed E-state index contributed by atoms with van der Waals surface area (Å²) in [5.74, 6) is 0. The van der Waals surface area contributed by atoms with Crippen LogP contribution in [0, 0.1) is 0 Å². The molecule has 0 fully saturated rings. The first-order valence-corrected chi connectivity index (χ1v) is 16.0. The zero-order valence-corrected chi connectivity index (χ0v) is 20.5. The Kier molecular flexibility index (Phi) is 8.84. The molecule has 0 aliphatic heterocycles. The Balaban J connectivity index is 2.45. The average molecular weight is 459 g/mol. The fraction of sp³-hybridized carbons (Fsp3) is 0.250. The summed E-state index contributed by atoms with van der Waals surface area (Å²) in [6.45, 7) is 5.58. The van der Waals surface area contributed by atoms with Crippen LogP contribution in [0.15, 0.2) is 91.0 Å². The van der Waals surface area contributed by atoms with E-state index in [-0.39, 0.29) is 0 Å². The van der Waals surface area contributed by atoms with Crippen LogP contribution in [0.4, 0.5) is 0 Å². The lowest BCUT2D eigenvalue weighted by Crippen LogP contribution is -2.24.